The molecule has 4 heteroatoms. The van der Waals surface area contributed by atoms with Crippen LogP contribution in [-0.4, -0.2) is 6.54 Å². The third-order valence-electron chi connectivity index (χ3n) is 3.00. The number of anilines is 1. The van der Waals surface area contributed by atoms with Gasteiger partial charge in [-0.15, -0.1) is 0 Å². The first kappa shape index (κ1) is 13.8. The van der Waals surface area contributed by atoms with E-state index >= 15 is 0 Å². The molecule has 100 valence electrons. The minimum Gasteiger partial charge on any atom is -0.377 e. The summed E-state index contributed by atoms with van der Waals surface area (Å²) in [5, 5.41) is 3.58. The fourth-order valence-corrected chi connectivity index (χ4v) is 2.30. The predicted octanol–water partition coefficient (Wildman–Crippen LogP) is 3.90. The van der Waals surface area contributed by atoms with E-state index in [2.05, 4.69) is 5.32 Å². The van der Waals surface area contributed by atoms with Crippen molar-refractivity contribution in [3.63, 3.8) is 0 Å². The molecule has 0 saturated carbocycles. The number of hydrogen-bond donors (Lipinski definition) is 2. The van der Waals surface area contributed by atoms with Crippen LogP contribution in [0.5, 0.6) is 0 Å². The minimum atomic E-state index is -0.365. The maximum absolute atomic E-state index is 13.3. The lowest BCUT2D eigenvalue weighted by Gasteiger charge is -2.20. The number of benzene rings is 2. The average Bonchev–Trinajstić information content (AvgIpc) is 2.36. The van der Waals surface area contributed by atoms with Gasteiger partial charge in [-0.05, 0) is 36.2 Å². The van der Waals surface area contributed by atoms with Crippen LogP contribution in [0, 0.1) is 12.7 Å². The Kier molecular flexibility index (Phi) is 4.40. The van der Waals surface area contributed by atoms with Crippen molar-refractivity contribution in [1.29, 1.82) is 0 Å². The molecule has 0 fully saturated rings. The van der Waals surface area contributed by atoms with E-state index in [1.165, 1.54) is 12.1 Å². The largest absolute Gasteiger partial charge is 0.377 e. The Labute approximate surface area is 117 Å². The van der Waals surface area contributed by atoms with Gasteiger partial charge in [-0.25, -0.2) is 4.39 Å². The lowest BCUT2D eigenvalue weighted by atomic mass is 10.0. The van der Waals surface area contributed by atoms with Crippen LogP contribution in [0.25, 0.3) is 0 Å². The highest BCUT2D eigenvalue weighted by Gasteiger charge is 2.12. The number of aryl methyl sites for hydroxylation is 1. The van der Waals surface area contributed by atoms with Gasteiger partial charge in [0.2, 0.25) is 0 Å². The zero-order chi connectivity index (χ0) is 13.8. The maximum Gasteiger partial charge on any atom is 0.126 e. The molecular weight excluding hydrogens is 263 g/mol. The van der Waals surface area contributed by atoms with Gasteiger partial charge in [-0.3, -0.25) is 0 Å². The van der Waals surface area contributed by atoms with Gasteiger partial charge in [-0.1, -0.05) is 35.9 Å². The Hall–Kier alpha value is -1.58. The van der Waals surface area contributed by atoms with Crippen molar-refractivity contribution in [1.82, 2.24) is 0 Å². The highest BCUT2D eigenvalue weighted by molar-refractivity contribution is 6.30. The minimum absolute atomic E-state index is 0.0703. The number of halogens is 2. The molecule has 0 aliphatic rings. The second-order valence-electron chi connectivity index (χ2n) is 4.45. The monoisotopic (exact) mass is 278 g/mol. The lowest BCUT2D eigenvalue weighted by Crippen LogP contribution is -2.21. The number of nitrogens with two attached hydrogens (primary N) is 1. The van der Waals surface area contributed by atoms with Crippen molar-refractivity contribution in [3.8, 4) is 0 Å². The van der Waals surface area contributed by atoms with Crippen LogP contribution >= 0.6 is 11.6 Å². The molecule has 0 bridgehead atoms. The van der Waals surface area contributed by atoms with Crippen molar-refractivity contribution in [3.05, 3.63) is 64.4 Å². The third-order valence-corrected chi connectivity index (χ3v) is 3.22. The second-order valence-corrected chi connectivity index (χ2v) is 4.88. The van der Waals surface area contributed by atoms with E-state index in [4.69, 9.17) is 17.3 Å². The van der Waals surface area contributed by atoms with Crippen LogP contribution in [0.15, 0.2) is 42.5 Å². The molecule has 2 aromatic rings. The van der Waals surface area contributed by atoms with Gasteiger partial charge in [-0.2, -0.15) is 0 Å². The summed E-state index contributed by atoms with van der Waals surface area (Å²) in [6.07, 6.45) is 0. The number of rotatable bonds is 4. The van der Waals surface area contributed by atoms with Crippen molar-refractivity contribution < 1.29 is 4.39 Å². The molecule has 19 heavy (non-hydrogen) atoms. The quantitative estimate of drug-likeness (QED) is 0.890. The molecule has 0 saturated heterocycles. The summed E-state index contributed by atoms with van der Waals surface area (Å²) in [7, 11) is 0. The molecule has 3 N–H and O–H groups in total. The molecule has 0 aliphatic heterocycles. The van der Waals surface area contributed by atoms with E-state index in [0.717, 1.165) is 11.1 Å². The van der Waals surface area contributed by atoms with Crippen LogP contribution in [0.4, 0.5) is 10.1 Å². The SMILES string of the molecule is Cc1ccccc1C(CN)Nc1cc(F)cc(Cl)c1. The zero-order valence-electron chi connectivity index (χ0n) is 10.7. The second kappa shape index (κ2) is 6.04. The zero-order valence-corrected chi connectivity index (χ0v) is 11.4. The van der Waals surface area contributed by atoms with Crippen LogP contribution in [0.1, 0.15) is 17.2 Å². The molecular formula is C15H16ClFN2. The van der Waals surface area contributed by atoms with Gasteiger partial charge in [0.15, 0.2) is 0 Å². The molecule has 0 spiro atoms. The summed E-state index contributed by atoms with van der Waals surface area (Å²) in [5.41, 5.74) is 8.69. The molecule has 0 radical (unpaired) electrons. The summed E-state index contributed by atoms with van der Waals surface area (Å²) in [5.74, 6) is -0.365. The Morgan fingerprint density at radius 3 is 2.63 bits per heavy atom. The fraction of sp³-hybridized carbons (Fsp3) is 0.200. The van der Waals surface area contributed by atoms with Crippen LogP contribution in [-0.2, 0) is 0 Å². The van der Waals surface area contributed by atoms with Crippen LogP contribution < -0.4 is 11.1 Å². The Bertz CT molecular complexity index is 552. The van der Waals surface area contributed by atoms with E-state index in [0.29, 0.717) is 17.3 Å². The first-order valence-corrected chi connectivity index (χ1v) is 6.46. The molecule has 2 rings (SSSR count). The van der Waals surface area contributed by atoms with Gasteiger partial charge >= 0.3 is 0 Å². The first-order valence-electron chi connectivity index (χ1n) is 6.08. The molecule has 0 aliphatic carbocycles. The number of hydrogen-bond acceptors (Lipinski definition) is 2. The molecule has 2 nitrogen and oxygen atoms in total. The van der Waals surface area contributed by atoms with Gasteiger partial charge in [0.25, 0.3) is 0 Å². The highest BCUT2D eigenvalue weighted by Crippen LogP contribution is 2.24. The summed E-state index contributed by atoms with van der Waals surface area (Å²) >= 11 is 5.84. The molecule has 1 atom stereocenters. The molecule has 0 aromatic heterocycles. The Balaban J connectivity index is 2.26. The van der Waals surface area contributed by atoms with Crippen molar-refractivity contribution in [2.75, 3.05) is 11.9 Å². The van der Waals surface area contributed by atoms with Crippen molar-refractivity contribution in [2.24, 2.45) is 5.73 Å². The Morgan fingerprint density at radius 1 is 1.26 bits per heavy atom. The van der Waals surface area contributed by atoms with Gasteiger partial charge in [0.05, 0.1) is 6.04 Å². The van der Waals surface area contributed by atoms with Gasteiger partial charge < -0.3 is 11.1 Å². The molecule has 0 amide bonds. The first-order chi connectivity index (χ1) is 9.10. The predicted molar refractivity (Wildman–Crippen MR) is 78.0 cm³/mol. The number of nitrogens with one attached hydrogen (secondary N) is 1. The molecule has 1 unspecified atom stereocenters. The third kappa shape index (κ3) is 3.46. The summed E-state index contributed by atoms with van der Waals surface area (Å²) in [6.45, 7) is 2.44. The topological polar surface area (TPSA) is 38.0 Å². The summed E-state index contributed by atoms with van der Waals surface area (Å²) in [6, 6.07) is 12.3. The lowest BCUT2D eigenvalue weighted by molar-refractivity contribution is 0.627. The van der Waals surface area contributed by atoms with E-state index in [1.54, 1.807) is 6.07 Å². The standard InChI is InChI=1S/C15H16ClFN2/c1-10-4-2-3-5-14(10)15(9-18)19-13-7-11(16)6-12(17)8-13/h2-8,15,19H,9,18H2,1H3. The average molecular weight is 279 g/mol. The normalized spacial score (nSPS) is 12.2. The van der Waals surface area contributed by atoms with Crippen molar-refractivity contribution >= 4 is 17.3 Å². The van der Waals surface area contributed by atoms with Crippen LogP contribution in [0.3, 0.4) is 0 Å². The summed E-state index contributed by atoms with van der Waals surface area (Å²) < 4.78 is 13.3. The van der Waals surface area contributed by atoms with E-state index in [1.807, 2.05) is 31.2 Å². The fourth-order valence-electron chi connectivity index (χ4n) is 2.08. The molecule has 0 heterocycles. The Morgan fingerprint density at radius 2 is 2.00 bits per heavy atom. The van der Waals surface area contributed by atoms with E-state index in [9.17, 15) is 4.39 Å². The maximum atomic E-state index is 13.3. The van der Waals surface area contributed by atoms with E-state index < -0.39 is 0 Å². The highest BCUT2D eigenvalue weighted by atomic mass is 35.5. The summed E-state index contributed by atoms with van der Waals surface area (Å²) in [4.78, 5) is 0. The smallest absolute Gasteiger partial charge is 0.126 e. The van der Waals surface area contributed by atoms with Gasteiger partial charge in [0.1, 0.15) is 5.82 Å². The van der Waals surface area contributed by atoms with Crippen LogP contribution in [0.2, 0.25) is 5.02 Å². The van der Waals surface area contributed by atoms with Gasteiger partial charge in [0, 0.05) is 17.3 Å². The van der Waals surface area contributed by atoms with E-state index in [-0.39, 0.29) is 11.9 Å². The molecule has 2 aromatic carbocycles. The van der Waals surface area contributed by atoms with Crippen molar-refractivity contribution in [2.45, 2.75) is 13.0 Å².